The van der Waals surface area contributed by atoms with Crippen molar-refractivity contribution >= 4 is 22.9 Å². The SMILES string of the molecule is CNc1ncc2c(-c3ccc4c(n3)C(C(C)C)C(C)=N4)ccn2n1. The Labute approximate surface area is 140 Å². The molecule has 0 amide bonds. The molecular formula is C18H20N6. The molecule has 0 radical (unpaired) electrons. The highest BCUT2D eigenvalue weighted by atomic mass is 15.3. The molecule has 3 aromatic heterocycles. The van der Waals surface area contributed by atoms with Crippen LogP contribution in [0.2, 0.25) is 0 Å². The molecule has 3 aromatic rings. The summed E-state index contributed by atoms with van der Waals surface area (Å²) in [7, 11) is 1.81. The molecule has 1 N–H and O–H groups in total. The van der Waals surface area contributed by atoms with Gasteiger partial charge in [-0.1, -0.05) is 13.8 Å². The van der Waals surface area contributed by atoms with Crippen molar-refractivity contribution in [3.63, 3.8) is 0 Å². The highest BCUT2D eigenvalue weighted by molar-refractivity contribution is 5.96. The van der Waals surface area contributed by atoms with Gasteiger partial charge in [0.15, 0.2) is 0 Å². The first kappa shape index (κ1) is 14.8. The maximum absolute atomic E-state index is 4.94. The average molecular weight is 320 g/mol. The predicted molar refractivity (Wildman–Crippen MR) is 96.1 cm³/mol. The standard InChI is InChI=1S/C18H20N6/c1-10(2)16-11(3)21-14-6-5-13(22-17(14)16)12-7-8-24-15(12)9-20-18(19-4)23-24/h5-10,16H,1-4H3,(H,19,23). The summed E-state index contributed by atoms with van der Waals surface area (Å²) in [4.78, 5) is 13.9. The molecule has 0 aromatic carbocycles. The summed E-state index contributed by atoms with van der Waals surface area (Å²) in [6.45, 7) is 6.52. The molecule has 6 heteroatoms. The van der Waals surface area contributed by atoms with Crippen LogP contribution in [0.15, 0.2) is 35.6 Å². The van der Waals surface area contributed by atoms with Gasteiger partial charge in [0.1, 0.15) is 0 Å². The summed E-state index contributed by atoms with van der Waals surface area (Å²) < 4.78 is 1.82. The van der Waals surface area contributed by atoms with Crippen LogP contribution in [0.25, 0.3) is 16.8 Å². The van der Waals surface area contributed by atoms with E-state index < -0.39 is 0 Å². The number of nitrogens with zero attached hydrogens (tertiary/aromatic N) is 5. The number of fused-ring (bicyclic) bond motifs is 2. The summed E-state index contributed by atoms with van der Waals surface area (Å²) >= 11 is 0. The summed E-state index contributed by atoms with van der Waals surface area (Å²) in [5, 5.41) is 7.36. The lowest BCUT2D eigenvalue weighted by molar-refractivity contribution is 0.598. The topological polar surface area (TPSA) is 67.5 Å². The van der Waals surface area contributed by atoms with Gasteiger partial charge in [-0.15, -0.1) is 5.10 Å². The smallest absolute Gasteiger partial charge is 0.240 e. The van der Waals surface area contributed by atoms with Crippen molar-refractivity contribution in [1.29, 1.82) is 0 Å². The fourth-order valence-corrected chi connectivity index (χ4v) is 3.43. The number of aromatic nitrogens is 4. The van der Waals surface area contributed by atoms with E-state index in [9.17, 15) is 0 Å². The number of hydrogen-bond acceptors (Lipinski definition) is 5. The van der Waals surface area contributed by atoms with Crippen LogP contribution < -0.4 is 5.32 Å². The Morgan fingerprint density at radius 2 is 2.04 bits per heavy atom. The molecule has 122 valence electrons. The Kier molecular flexibility index (Phi) is 3.33. The Bertz CT molecular complexity index is 953. The minimum atomic E-state index is 0.293. The van der Waals surface area contributed by atoms with E-state index in [-0.39, 0.29) is 0 Å². The second-order valence-electron chi connectivity index (χ2n) is 6.47. The van der Waals surface area contributed by atoms with Crippen molar-refractivity contribution in [3.8, 4) is 11.3 Å². The van der Waals surface area contributed by atoms with Crippen molar-refractivity contribution < 1.29 is 0 Å². The Hall–Kier alpha value is -2.76. The number of hydrogen-bond donors (Lipinski definition) is 1. The maximum atomic E-state index is 4.94. The van der Waals surface area contributed by atoms with E-state index in [1.165, 1.54) is 0 Å². The van der Waals surface area contributed by atoms with Crippen LogP contribution >= 0.6 is 0 Å². The fraction of sp³-hybridized carbons (Fsp3) is 0.333. The van der Waals surface area contributed by atoms with Crippen LogP contribution in [0.1, 0.15) is 32.4 Å². The third-order valence-corrected chi connectivity index (χ3v) is 4.53. The second-order valence-corrected chi connectivity index (χ2v) is 6.47. The molecule has 0 saturated carbocycles. The number of rotatable bonds is 3. The first-order valence-corrected chi connectivity index (χ1v) is 8.17. The van der Waals surface area contributed by atoms with Crippen LogP contribution in [-0.4, -0.2) is 32.3 Å². The van der Waals surface area contributed by atoms with Crippen LogP contribution in [0.4, 0.5) is 11.6 Å². The van der Waals surface area contributed by atoms with E-state index >= 15 is 0 Å². The largest absolute Gasteiger partial charge is 0.356 e. The molecule has 0 spiro atoms. The van der Waals surface area contributed by atoms with Gasteiger partial charge in [-0.2, -0.15) is 0 Å². The van der Waals surface area contributed by atoms with Crippen molar-refractivity contribution in [2.24, 2.45) is 10.9 Å². The zero-order valence-electron chi connectivity index (χ0n) is 14.3. The van der Waals surface area contributed by atoms with Gasteiger partial charge in [-0.05, 0) is 31.0 Å². The van der Waals surface area contributed by atoms with Gasteiger partial charge in [0.05, 0.1) is 28.8 Å². The molecule has 6 nitrogen and oxygen atoms in total. The van der Waals surface area contributed by atoms with Gasteiger partial charge in [0.2, 0.25) is 5.95 Å². The van der Waals surface area contributed by atoms with Gasteiger partial charge < -0.3 is 5.32 Å². The van der Waals surface area contributed by atoms with E-state index in [2.05, 4.69) is 47.2 Å². The average Bonchev–Trinajstić information content (AvgIpc) is 3.13. The van der Waals surface area contributed by atoms with Crippen molar-refractivity contribution in [3.05, 3.63) is 36.3 Å². The first-order chi connectivity index (χ1) is 11.6. The fourth-order valence-electron chi connectivity index (χ4n) is 3.43. The van der Waals surface area contributed by atoms with E-state index in [4.69, 9.17) is 4.98 Å². The maximum Gasteiger partial charge on any atom is 0.240 e. The van der Waals surface area contributed by atoms with Crippen LogP contribution in [-0.2, 0) is 0 Å². The zero-order chi connectivity index (χ0) is 16.8. The molecule has 0 saturated heterocycles. The molecule has 0 fully saturated rings. The van der Waals surface area contributed by atoms with Gasteiger partial charge in [0, 0.05) is 30.4 Å². The van der Waals surface area contributed by atoms with Crippen molar-refractivity contribution in [2.45, 2.75) is 26.7 Å². The molecule has 0 bridgehead atoms. The third-order valence-electron chi connectivity index (χ3n) is 4.53. The van der Waals surface area contributed by atoms with Gasteiger partial charge in [0.25, 0.3) is 0 Å². The Morgan fingerprint density at radius 3 is 2.79 bits per heavy atom. The molecule has 4 heterocycles. The van der Waals surface area contributed by atoms with Crippen molar-refractivity contribution in [1.82, 2.24) is 19.6 Å². The van der Waals surface area contributed by atoms with E-state index in [1.54, 1.807) is 0 Å². The van der Waals surface area contributed by atoms with E-state index in [1.807, 2.05) is 36.1 Å². The first-order valence-electron chi connectivity index (χ1n) is 8.17. The lowest BCUT2D eigenvalue weighted by atomic mass is 9.89. The molecule has 0 aliphatic carbocycles. The Morgan fingerprint density at radius 1 is 1.21 bits per heavy atom. The number of nitrogens with one attached hydrogen (secondary N) is 1. The van der Waals surface area contributed by atoms with Crippen LogP contribution in [0, 0.1) is 5.92 Å². The molecule has 1 aliphatic rings. The van der Waals surface area contributed by atoms with Gasteiger partial charge in [-0.25, -0.2) is 14.5 Å². The normalized spacial score (nSPS) is 16.5. The quantitative estimate of drug-likeness (QED) is 0.799. The minimum absolute atomic E-state index is 0.293. The van der Waals surface area contributed by atoms with Gasteiger partial charge >= 0.3 is 0 Å². The van der Waals surface area contributed by atoms with E-state index in [0.29, 0.717) is 17.8 Å². The van der Waals surface area contributed by atoms with Gasteiger partial charge in [-0.3, -0.25) is 4.99 Å². The minimum Gasteiger partial charge on any atom is -0.356 e. The molecule has 1 aliphatic heterocycles. The van der Waals surface area contributed by atoms with Crippen molar-refractivity contribution in [2.75, 3.05) is 12.4 Å². The monoisotopic (exact) mass is 320 g/mol. The van der Waals surface area contributed by atoms with Crippen LogP contribution in [0.3, 0.4) is 0 Å². The lowest BCUT2D eigenvalue weighted by Crippen LogP contribution is -2.13. The highest BCUT2D eigenvalue weighted by Gasteiger charge is 2.29. The predicted octanol–water partition coefficient (Wildman–Crippen LogP) is 3.68. The zero-order valence-corrected chi connectivity index (χ0v) is 14.3. The summed E-state index contributed by atoms with van der Waals surface area (Å²) in [5.41, 5.74) is 6.13. The molecule has 4 rings (SSSR count). The Balaban J connectivity index is 1.82. The summed E-state index contributed by atoms with van der Waals surface area (Å²) in [5.74, 6) is 1.36. The second kappa shape index (κ2) is 5.40. The molecule has 24 heavy (non-hydrogen) atoms. The lowest BCUT2D eigenvalue weighted by Gasteiger charge is -2.16. The number of anilines is 1. The molecular weight excluding hydrogens is 300 g/mol. The summed E-state index contributed by atoms with van der Waals surface area (Å²) in [6, 6.07) is 6.13. The number of pyridine rings is 1. The summed E-state index contributed by atoms with van der Waals surface area (Å²) in [6.07, 6.45) is 3.76. The molecule has 1 unspecified atom stereocenters. The molecule has 1 atom stereocenters. The third kappa shape index (κ3) is 2.18. The highest BCUT2D eigenvalue weighted by Crippen LogP contribution is 2.40. The van der Waals surface area contributed by atoms with Crippen LogP contribution in [0.5, 0.6) is 0 Å². The van der Waals surface area contributed by atoms with E-state index in [0.717, 1.165) is 33.9 Å². The number of aliphatic imine (C=N–C) groups is 1.